The molecule has 2 fully saturated rings. The summed E-state index contributed by atoms with van der Waals surface area (Å²) in [6.07, 6.45) is 5.59. The predicted molar refractivity (Wildman–Crippen MR) is 94.7 cm³/mol. The Hall–Kier alpha value is -1.72. The van der Waals surface area contributed by atoms with Gasteiger partial charge in [-0.25, -0.2) is 9.67 Å². The first-order valence-electron chi connectivity index (χ1n) is 9.15. The van der Waals surface area contributed by atoms with Gasteiger partial charge >= 0.3 is 0 Å². The van der Waals surface area contributed by atoms with Gasteiger partial charge in [-0.1, -0.05) is 30.3 Å². The summed E-state index contributed by atoms with van der Waals surface area (Å²) in [5.41, 5.74) is 1.94. The Bertz CT molecular complexity index is 661. The van der Waals surface area contributed by atoms with Gasteiger partial charge in [0.1, 0.15) is 12.2 Å². The van der Waals surface area contributed by atoms with E-state index in [0.29, 0.717) is 11.5 Å². The number of aromatic nitrogens is 3. The van der Waals surface area contributed by atoms with Gasteiger partial charge in [0.05, 0.1) is 6.54 Å². The van der Waals surface area contributed by atoms with E-state index < -0.39 is 0 Å². The molecule has 0 saturated heterocycles. The lowest BCUT2D eigenvalue weighted by atomic mass is 10.1. The molecule has 1 heterocycles. The van der Waals surface area contributed by atoms with Crippen LogP contribution in [0.5, 0.6) is 0 Å². The molecule has 2 aliphatic rings. The van der Waals surface area contributed by atoms with Gasteiger partial charge in [0.2, 0.25) is 0 Å². The molecule has 0 amide bonds. The molecule has 2 aromatic rings. The van der Waals surface area contributed by atoms with Crippen LogP contribution in [0, 0.1) is 5.41 Å². The van der Waals surface area contributed by atoms with Crippen LogP contribution in [0.2, 0.25) is 0 Å². The van der Waals surface area contributed by atoms with Crippen molar-refractivity contribution >= 4 is 0 Å². The van der Waals surface area contributed by atoms with E-state index in [1.165, 1.54) is 24.8 Å². The van der Waals surface area contributed by atoms with E-state index in [1.807, 2.05) is 4.68 Å². The number of rotatable bonds is 9. The van der Waals surface area contributed by atoms with Crippen LogP contribution in [0.3, 0.4) is 0 Å². The molecule has 2 saturated carbocycles. The van der Waals surface area contributed by atoms with Crippen LogP contribution in [0.15, 0.2) is 36.7 Å². The zero-order chi connectivity index (χ0) is 16.4. The van der Waals surface area contributed by atoms with Gasteiger partial charge in [-0.15, -0.1) is 0 Å². The molecule has 0 bridgehead atoms. The Morgan fingerprint density at radius 1 is 1.21 bits per heavy atom. The van der Waals surface area contributed by atoms with Crippen LogP contribution in [0.25, 0.3) is 0 Å². The average Bonchev–Trinajstić information content (AvgIpc) is 3.52. The standard InChI is InChI=1S/C19H27N5/c1-2-24-18(22-14-23-24)11-20-12-19(8-9-19)13-21-17-10-16(17)15-6-4-3-5-7-15/h3-7,14,16-17,20-21H,2,8-13H2,1H3/t16?,17-/m0/s1. The molecular weight excluding hydrogens is 298 g/mol. The van der Waals surface area contributed by atoms with Crippen LogP contribution >= 0.6 is 0 Å². The molecule has 1 aromatic heterocycles. The van der Waals surface area contributed by atoms with E-state index in [0.717, 1.165) is 37.9 Å². The van der Waals surface area contributed by atoms with Gasteiger partial charge in [0, 0.05) is 31.6 Å². The monoisotopic (exact) mass is 325 g/mol. The number of hydrogen-bond acceptors (Lipinski definition) is 4. The second kappa shape index (κ2) is 6.65. The van der Waals surface area contributed by atoms with Gasteiger partial charge < -0.3 is 10.6 Å². The quantitative estimate of drug-likeness (QED) is 0.743. The SMILES string of the molecule is CCn1ncnc1CNCC1(CN[C@H]2CC2c2ccccc2)CC1. The molecule has 5 heteroatoms. The normalized spacial score (nSPS) is 24.0. The van der Waals surface area contributed by atoms with Crippen LogP contribution in [0.4, 0.5) is 0 Å². The molecule has 1 aromatic carbocycles. The van der Waals surface area contributed by atoms with Crippen molar-refractivity contribution < 1.29 is 0 Å². The molecule has 0 radical (unpaired) electrons. The maximum absolute atomic E-state index is 4.33. The molecule has 1 unspecified atom stereocenters. The van der Waals surface area contributed by atoms with E-state index in [2.05, 4.69) is 58.0 Å². The van der Waals surface area contributed by atoms with Crippen molar-refractivity contribution in [2.24, 2.45) is 5.41 Å². The minimum atomic E-state index is 0.459. The Kier molecular flexibility index (Phi) is 4.37. The van der Waals surface area contributed by atoms with E-state index >= 15 is 0 Å². The van der Waals surface area contributed by atoms with Gasteiger partial charge in [-0.3, -0.25) is 0 Å². The first-order valence-corrected chi connectivity index (χ1v) is 9.15. The van der Waals surface area contributed by atoms with Gasteiger partial charge in [0.15, 0.2) is 0 Å². The van der Waals surface area contributed by atoms with E-state index in [4.69, 9.17) is 0 Å². The Balaban J connectivity index is 1.20. The number of nitrogens with zero attached hydrogens (tertiary/aromatic N) is 3. The predicted octanol–water partition coefficient (Wildman–Crippen LogP) is 2.31. The van der Waals surface area contributed by atoms with Gasteiger partial charge in [-0.05, 0) is 37.2 Å². The van der Waals surface area contributed by atoms with Gasteiger partial charge in [-0.2, -0.15) is 5.10 Å². The van der Waals surface area contributed by atoms with Crippen molar-refractivity contribution in [1.29, 1.82) is 0 Å². The fourth-order valence-electron chi connectivity index (χ4n) is 3.56. The second-order valence-electron chi connectivity index (χ2n) is 7.34. The highest BCUT2D eigenvalue weighted by atomic mass is 15.3. The second-order valence-corrected chi connectivity index (χ2v) is 7.34. The molecule has 128 valence electrons. The van der Waals surface area contributed by atoms with Crippen molar-refractivity contribution in [3.8, 4) is 0 Å². The van der Waals surface area contributed by atoms with Crippen molar-refractivity contribution in [3.63, 3.8) is 0 Å². The molecule has 5 nitrogen and oxygen atoms in total. The third-order valence-corrected chi connectivity index (χ3v) is 5.49. The Morgan fingerprint density at radius 2 is 2.04 bits per heavy atom. The van der Waals surface area contributed by atoms with Crippen molar-refractivity contribution in [3.05, 3.63) is 48.0 Å². The van der Waals surface area contributed by atoms with E-state index in [9.17, 15) is 0 Å². The van der Waals surface area contributed by atoms with Crippen molar-refractivity contribution in [2.45, 2.75) is 51.2 Å². The van der Waals surface area contributed by atoms with E-state index in [-0.39, 0.29) is 0 Å². The zero-order valence-corrected chi connectivity index (χ0v) is 14.4. The minimum Gasteiger partial charge on any atom is -0.313 e. The van der Waals surface area contributed by atoms with Crippen LogP contribution in [-0.2, 0) is 13.1 Å². The maximum atomic E-state index is 4.33. The zero-order valence-electron chi connectivity index (χ0n) is 14.4. The molecule has 0 aliphatic heterocycles. The van der Waals surface area contributed by atoms with Gasteiger partial charge in [0.25, 0.3) is 0 Å². The highest BCUT2D eigenvalue weighted by molar-refractivity contribution is 5.27. The summed E-state index contributed by atoms with van der Waals surface area (Å²) in [6.45, 7) is 6.00. The van der Waals surface area contributed by atoms with Crippen molar-refractivity contribution in [1.82, 2.24) is 25.4 Å². The molecule has 2 aliphatic carbocycles. The third kappa shape index (κ3) is 3.52. The summed E-state index contributed by atoms with van der Waals surface area (Å²) in [6, 6.07) is 11.6. The number of benzene rings is 1. The topological polar surface area (TPSA) is 54.8 Å². The molecule has 2 N–H and O–H groups in total. The number of aryl methyl sites for hydroxylation is 1. The summed E-state index contributed by atoms with van der Waals surface area (Å²) < 4.78 is 1.96. The summed E-state index contributed by atoms with van der Waals surface area (Å²) in [5.74, 6) is 1.76. The molecule has 0 spiro atoms. The van der Waals surface area contributed by atoms with Crippen LogP contribution in [0.1, 0.15) is 43.5 Å². The minimum absolute atomic E-state index is 0.459. The number of nitrogens with one attached hydrogen (secondary N) is 2. The summed E-state index contributed by atoms with van der Waals surface area (Å²) >= 11 is 0. The lowest BCUT2D eigenvalue weighted by Gasteiger charge is -2.17. The van der Waals surface area contributed by atoms with Crippen molar-refractivity contribution in [2.75, 3.05) is 13.1 Å². The lowest BCUT2D eigenvalue weighted by Crippen LogP contribution is -2.34. The Morgan fingerprint density at radius 3 is 2.79 bits per heavy atom. The maximum Gasteiger partial charge on any atom is 0.140 e. The summed E-state index contributed by atoms with van der Waals surface area (Å²) in [5, 5.41) is 11.6. The smallest absolute Gasteiger partial charge is 0.140 e. The fraction of sp³-hybridized carbons (Fsp3) is 0.579. The Labute approximate surface area is 143 Å². The summed E-state index contributed by atoms with van der Waals surface area (Å²) in [7, 11) is 0. The highest BCUT2D eigenvalue weighted by Crippen LogP contribution is 2.46. The largest absolute Gasteiger partial charge is 0.313 e. The average molecular weight is 325 g/mol. The van der Waals surface area contributed by atoms with E-state index in [1.54, 1.807) is 6.33 Å². The molecule has 4 rings (SSSR count). The third-order valence-electron chi connectivity index (χ3n) is 5.49. The number of hydrogen-bond donors (Lipinski definition) is 2. The first-order chi connectivity index (χ1) is 11.8. The van der Waals surface area contributed by atoms with Crippen LogP contribution in [-0.4, -0.2) is 33.9 Å². The fourth-order valence-corrected chi connectivity index (χ4v) is 3.56. The summed E-state index contributed by atoms with van der Waals surface area (Å²) in [4.78, 5) is 4.33. The molecule has 24 heavy (non-hydrogen) atoms. The van der Waals surface area contributed by atoms with Crippen LogP contribution < -0.4 is 10.6 Å². The lowest BCUT2D eigenvalue weighted by molar-refractivity contribution is 0.413. The molecule has 2 atom stereocenters. The first kappa shape index (κ1) is 15.8. The molecular formula is C19H27N5. The highest BCUT2D eigenvalue weighted by Gasteiger charge is 2.45.